The molecule has 0 saturated carbocycles. The van der Waals surface area contributed by atoms with Crippen molar-refractivity contribution < 1.29 is 0 Å². The van der Waals surface area contributed by atoms with Crippen molar-refractivity contribution in [2.24, 2.45) is 12.1 Å². The Balaban J connectivity index is 1.79. The van der Waals surface area contributed by atoms with Gasteiger partial charge in [-0.3, -0.25) is 9.78 Å². The molecule has 27 heavy (non-hydrogen) atoms. The van der Waals surface area contributed by atoms with Crippen molar-refractivity contribution in [2.45, 2.75) is 6.92 Å². The van der Waals surface area contributed by atoms with Crippen LogP contribution in [0.3, 0.4) is 0 Å². The first kappa shape index (κ1) is 16.8. The molecule has 2 aromatic carbocycles. The number of aryl methyl sites for hydroxylation is 2. The van der Waals surface area contributed by atoms with Crippen molar-refractivity contribution >= 4 is 23.1 Å². The summed E-state index contributed by atoms with van der Waals surface area (Å²) in [5, 5.41) is 5.43. The van der Waals surface area contributed by atoms with Crippen LogP contribution < -0.4 is 11.0 Å². The number of aromatic nitrogens is 3. The quantitative estimate of drug-likeness (QED) is 0.432. The van der Waals surface area contributed by atoms with Gasteiger partial charge in [0.15, 0.2) is 0 Å². The van der Waals surface area contributed by atoms with E-state index in [0.717, 1.165) is 27.7 Å². The fraction of sp³-hybridized carbons (Fsp3) is 0.0952. The molecule has 0 fully saturated rings. The minimum Gasteiger partial charge on any atom is -0.343 e. The molecule has 4 aromatic rings. The zero-order valence-electron chi connectivity index (χ0n) is 15.1. The Hall–Kier alpha value is -3.67. The summed E-state index contributed by atoms with van der Waals surface area (Å²) in [6.45, 7) is 1.77. The van der Waals surface area contributed by atoms with E-state index in [2.05, 4.69) is 56.4 Å². The molecule has 0 unspecified atom stereocenters. The van der Waals surface area contributed by atoms with Gasteiger partial charge in [-0.2, -0.15) is 5.10 Å². The number of rotatable bonds is 4. The summed E-state index contributed by atoms with van der Waals surface area (Å²) in [6.07, 6.45) is 1.77. The van der Waals surface area contributed by atoms with E-state index >= 15 is 0 Å². The molecule has 0 amide bonds. The minimum atomic E-state index is -0.213. The first-order valence-corrected chi connectivity index (χ1v) is 8.63. The molecule has 0 aliphatic carbocycles. The van der Waals surface area contributed by atoms with E-state index in [1.807, 2.05) is 30.3 Å². The topological polar surface area (TPSA) is 75.1 Å². The third-order valence-corrected chi connectivity index (χ3v) is 4.43. The lowest BCUT2D eigenvalue weighted by molar-refractivity contribution is 0.977. The van der Waals surface area contributed by atoms with Gasteiger partial charge in [0.1, 0.15) is 0 Å². The summed E-state index contributed by atoms with van der Waals surface area (Å²) in [5.74, 6) is 0.317. The predicted molar refractivity (Wildman–Crippen MR) is 109 cm³/mol. The van der Waals surface area contributed by atoms with Gasteiger partial charge in [0.2, 0.25) is 5.95 Å². The van der Waals surface area contributed by atoms with Crippen LogP contribution in [0.15, 0.2) is 70.6 Å². The standard InChI is InChI=1S/C21H19N5O/c1-14-12-19(27)24-21(23-14)25-22-13-17-16-10-6-7-11-18(16)26(2)20(17)15-8-4-3-5-9-15/h3-13H,1-2H3,(H2,23,24,25,27)/b22-13+. The lowest BCUT2D eigenvalue weighted by atomic mass is 10.1. The first-order valence-electron chi connectivity index (χ1n) is 8.63. The van der Waals surface area contributed by atoms with E-state index in [1.54, 1.807) is 13.1 Å². The monoisotopic (exact) mass is 357 g/mol. The summed E-state index contributed by atoms with van der Waals surface area (Å²) < 4.78 is 2.17. The average molecular weight is 357 g/mol. The Morgan fingerprint density at radius 3 is 2.63 bits per heavy atom. The molecule has 0 spiro atoms. The van der Waals surface area contributed by atoms with Crippen molar-refractivity contribution in [3.05, 3.63) is 82.3 Å². The van der Waals surface area contributed by atoms with Gasteiger partial charge in [-0.05, 0) is 18.6 Å². The van der Waals surface area contributed by atoms with Gasteiger partial charge in [0.05, 0.1) is 11.9 Å². The van der Waals surface area contributed by atoms with Crippen molar-refractivity contribution in [1.82, 2.24) is 14.5 Å². The predicted octanol–water partition coefficient (Wildman–Crippen LogP) is 3.68. The Morgan fingerprint density at radius 2 is 1.85 bits per heavy atom. The zero-order valence-corrected chi connectivity index (χ0v) is 15.1. The van der Waals surface area contributed by atoms with Gasteiger partial charge in [-0.25, -0.2) is 10.4 Å². The van der Waals surface area contributed by atoms with Gasteiger partial charge in [-0.15, -0.1) is 0 Å². The Labute approximate surface area is 156 Å². The number of para-hydroxylation sites is 1. The normalized spacial score (nSPS) is 11.3. The van der Waals surface area contributed by atoms with Crippen LogP contribution in [0.25, 0.3) is 22.2 Å². The van der Waals surface area contributed by atoms with Crippen LogP contribution in [0.4, 0.5) is 5.95 Å². The largest absolute Gasteiger partial charge is 0.343 e. The van der Waals surface area contributed by atoms with Crippen LogP contribution in [-0.4, -0.2) is 20.7 Å². The number of nitrogens with one attached hydrogen (secondary N) is 2. The molecule has 0 bridgehead atoms. The Kier molecular flexibility index (Phi) is 4.30. The van der Waals surface area contributed by atoms with Gasteiger partial charge in [0, 0.05) is 35.3 Å². The maximum absolute atomic E-state index is 11.6. The third-order valence-electron chi connectivity index (χ3n) is 4.43. The molecular weight excluding hydrogens is 338 g/mol. The number of H-pyrrole nitrogens is 1. The van der Waals surface area contributed by atoms with Crippen LogP contribution in [-0.2, 0) is 7.05 Å². The molecule has 2 N–H and O–H groups in total. The van der Waals surface area contributed by atoms with Gasteiger partial charge < -0.3 is 4.57 Å². The molecule has 2 heterocycles. The van der Waals surface area contributed by atoms with Crippen molar-refractivity contribution in [3.8, 4) is 11.3 Å². The smallest absolute Gasteiger partial charge is 0.252 e. The zero-order chi connectivity index (χ0) is 18.8. The molecule has 0 aliphatic heterocycles. The lowest BCUT2D eigenvalue weighted by Crippen LogP contribution is -2.10. The molecule has 0 aliphatic rings. The summed E-state index contributed by atoms with van der Waals surface area (Å²) in [6, 6.07) is 19.9. The summed E-state index contributed by atoms with van der Waals surface area (Å²) in [4.78, 5) is 18.4. The van der Waals surface area contributed by atoms with Crippen molar-refractivity contribution in [1.29, 1.82) is 0 Å². The molecule has 0 radical (unpaired) electrons. The van der Waals surface area contributed by atoms with Crippen molar-refractivity contribution in [3.63, 3.8) is 0 Å². The fourth-order valence-electron chi connectivity index (χ4n) is 3.29. The Morgan fingerprint density at radius 1 is 1.11 bits per heavy atom. The number of aromatic amines is 1. The van der Waals surface area contributed by atoms with Crippen LogP contribution in [0.5, 0.6) is 0 Å². The summed E-state index contributed by atoms with van der Waals surface area (Å²) in [5.41, 5.74) is 7.55. The SMILES string of the molecule is Cc1cc(=O)[nH]c(N/N=C/c2c(-c3ccccc3)n(C)c3ccccc23)n1. The van der Waals surface area contributed by atoms with E-state index in [4.69, 9.17) is 0 Å². The lowest BCUT2D eigenvalue weighted by Gasteiger charge is -2.06. The highest BCUT2D eigenvalue weighted by atomic mass is 16.1. The van der Waals surface area contributed by atoms with Gasteiger partial charge in [0.25, 0.3) is 5.56 Å². The van der Waals surface area contributed by atoms with Crippen LogP contribution in [0.1, 0.15) is 11.3 Å². The highest BCUT2D eigenvalue weighted by Gasteiger charge is 2.14. The van der Waals surface area contributed by atoms with Gasteiger partial charge >= 0.3 is 0 Å². The molecule has 0 saturated heterocycles. The highest BCUT2D eigenvalue weighted by Crippen LogP contribution is 2.31. The summed E-state index contributed by atoms with van der Waals surface area (Å²) in [7, 11) is 2.05. The number of benzene rings is 2. The Bertz CT molecular complexity index is 1190. The molecule has 6 heteroatoms. The molecule has 6 nitrogen and oxygen atoms in total. The van der Waals surface area contributed by atoms with Crippen LogP contribution in [0, 0.1) is 6.92 Å². The molecule has 134 valence electrons. The van der Waals surface area contributed by atoms with E-state index in [1.165, 1.54) is 6.07 Å². The number of hydrogen-bond acceptors (Lipinski definition) is 4. The highest BCUT2D eigenvalue weighted by molar-refractivity contribution is 6.06. The van der Waals surface area contributed by atoms with Crippen molar-refractivity contribution in [2.75, 3.05) is 5.43 Å². The average Bonchev–Trinajstić information content (AvgIpc) is 2.94. The maximum atomic E-state index is 11.6. The van der Waals surface area contributed by atoms with E-state index in [9.17, 15) is 4.79 Å². The van der Waals surface area contributed by atoms with E-state index in [0.29, 0.717) is 11.6 Å². The molecule has 2 aromatic heterocycles. The van der Waals surface area contributed by atoms with E-state index in [-0.39, 0.29) is 5.56 Å². The van der Waals surface area contributed by atoms with Crippen LogP contribution >= 0.6 is 0 Å². The number of anilines is 1. The minimum absolute atomic E-state index is 0.213. The second kappa shape index (κ2) is 6.92. The maximum Gasteiger partial charge on any atom is 0.252 e. The number of fused-ring (bicyclic) bond motifs is 1. The fourth-order valence-corrected chi connectivity index (χ4v) is 3.29. The molecule has 0 atom stereocenters. The molecular formula is C21H19N5O. The second-order valence-electron chi connectivity index (χ2n) is 6.31. The number of hydrogen-bond donors (Lipinski definition) is 2. The second-order valence-corrected chi connectivity index (χ2v) is 6.31. The molecule has 4 rings (SSSR count). The number of hydrazone groups is 1. The first-order chi connectivity index (χ1) is 13.1. The summed E-state index contributed by atoms with van der Waals surface area (Å²) >= 11 is 0. The van der Waals surface area contributed by atoms with E-state index < -0.39 is 0 Å². The number of nitrogens with zero attached hydrogens (tertiary/aromatic N) is 3. The third kappa shape index (κ3) is 3.25. The van der Waals surface area contributed by atoms with Gasteiger partial charge in [-0.1, -0.05) is 48.5 Å². The van der Waals surface area contributed by atoms with Crippen LogP contribution in [0.2, 0.25) is 0 Å².